The van der Waals surface area contributed by atoms with E-state index >= 15 is 0 Å². The number of fused-ring (bicyclic) bond motifs is 1. The molecule has 18 heavy (non-hydrogen) atoms. The highest BCUT2D eigenvalue weighted by molar-refractivity contribution is 5.79. The van der Waals surface area contributed by atoms with Gasteiger partial charge in [-0.2, -0.15) is 0 Å². The Hall–Kier alpha value is -2.36. The van der Waals surface area contributed by atoms with Crippen LogP contribution in [0.1, 0.15) is 0 Å². The number of ether oxygens (including phenoxy) is 1. The highest BCUT2D eigenvalue weighted by Gasteiger charge is 2.06. The molecular weight excluding hydrogens is 231 g/mol. The Kier molecular flexibility index (Phi) is 2.48. The molecule has 0 aliphatic carbocycles. The lowest BCUT2D eigenvalue weighted by Gasteiger charge is -2.00. The molecule has 1 N–H and O–H groups in total. The largest absolute Gasteiger partial charge is 0.497 e. The lowest BCUT2D eigenvalue weighted by Crippen LogP contribution is -1.83. The van der Waals surface area contributed by atoms with Crippen LogP contribution in [0, 0.1) is 5.82 Å². The molecule has 2 aromatic carbocycles. The summed E-state index contributed by atoms with van der Waals surface area (Å²) in [4.78, 5) is 7.51. The molecule has 3 aromatic rings. The number of aromatic nitrogens is 2. The molecule has 0 radical (unpaired) electrons. The number of nitrogens with one attached hydrogen (secondary N) is 1. The fourth-order valence-corrected chi connectivity index (χ4v) is 1.87. The van der Waals surface area contributed by atoms with Crippen LogP contribution < -0.4 is 4.74 Å². The average Bonchev–Trinajstić information content (AvgIpc) is 2.81. The number of nitrogens with zero attached hydrogens (tertiary/aromatic N) is 1. The Bertz CT molecular complexity index is 689. The van der Waals surface area contributed by atoms with Crippen molar-refractivity contribution < 1.29 is 9.13 Å². The van der Waals surface area contributed by atoms with Crippen molar-refractivity contribution in [2.45, 2.75) is 0 Å². The molecule has 0 aliphatic rings. The number of hydrogen-bond donors (Lipinski definition) is 1. The second-order valence-electron chi connectivity index (χ2n) is 3.98. The molecule has 0 saturated carbocycles. The first-order valence-electron chi connectivity index (χ1n) is 5.56. The smallest absolute Gasteiger partial charge is 0.138 e. The number of H-pyrrole nitrogens is 1. The highest BCUT2D eigenvalue weighted by Crippen LogP contribution is 2.23. The van der Waals surface area contributed by atoms with Gasteiger partial charge in [0.1, 0.15) is 17.4 Å². The molecule has 0 atom stereocenters. The van der Waals surface area contributed by atoms with Crippen molar-refractivity contribution in [1.29, 1.82) is 0 Å². The first kappa shape index (κ1) is 10.8. The fourth-order valence-electron chi connectivity index (χ4n) is 1.87. The van der Waals surface area contributed by atoms with Gasteiger partial charge in [0.25, 0.3) is 0 Å². The number of rotatable bonds is 2. The quantitative estimate of drug-likeness (QED) is 0.748. The van der Waals surface area contributed by atoms with E-state index in [1.165, 1.54) is 12.1 Å². The van der Waals surface area contributed by atoms with Crippen LogP contribution in [0.2, 0.25) is 0 Å². The molecule has 0 fully saturated rings. The minimum absolute atomic E-state index is 0.271. The van der Waals surface area contributed by atoms with Gasteiger partial charge in [-0.3, -0.25) is 0 Å². The van der Waals surface area contributed by atoms with E-state index in [0.717, 1.165) is 22.7 Å². The van der Waals surface area contributed by atoms with Crippen molar-refractivity contribution in [3.05, 3.63) is 48.3 Å². The van der Waals surface area contributed by atoms with Crippen molar-refractivity contribution in [2.75, 3.05) is 7.11 Å². The third kappa shape index (κ3) is 1.82. The van der Waals surface area contributed by atoms with Crippen LogP contribution in [0.4, 0.5) is 4.39 Å². The molecule has 0 bridgehead atoms. The summed E-state index contributed by atoms with van der Waals surface area (Å²) in [5.74, 6) is 1.24. The van der Waals surface area contributed by atoms with E-state index < -0.39 is 0 Å². The van der Waals surface area contributed by atoms with E-state index in [2.05, 4.69) is 9.97 Å². The van der Waals surface area contributed by atoms with Gasteiger partial charge >= 0.3 is 0 Å². The SMILES string of the molecule is COc1ccc(-c2nc3ccc(F)cc3[nH]2)cc1. The number of halogens is 1. The number of aromatic amines is 1. The van der Waals surface area contributed by atoms with Gasteiger partial charge in [-0.25, -0.2) is 9.37 Å². The zero-order valence-corrected chi connectivity index (χ0v) is 9.77. The zero-order valence-electron chi connectivity index (χ0n) is 9.77. The summed E-state index contributed by atoms with van der Waals surface area (Å²) in [5.41, 5.74) is 2.38. The van der Waals surface area contributed by atoms with E-state index in [9.17, 15) is 4.39 Å². The number of hydrogen-bond acceptors (Lipinski definition) is 2. The average molecular weight is 242 g/mol. The van der Waals surface area contributed by atoms with Gasteiger partial charge < -0.3 is 9.72 Å². The summed E-state index contributed by atoms with van der Waals surface area (Å²) in [6, 6.07) is 12.1. The first-order chi connectivity index (χ1) is 8.76. The molecule has 4 heteroatoms. The molecule has 0 aliphatic heterocycles. The van der Waals surface area contributed by atoms with Gasteiger partial charge in [-0.1, -0.05) is 0 Å². The van der Waals surface area contributed by atoms with Gasteiger partial charge in [0.15, 0.2) is 0 Å². The summed E-state index contributed by atoms with van der Waals surface area (Å²) in [6.07, 6.45) is 0. The van der Waals surface area contributed by atoms with E-state index in [-0.39, 0.29) is 5.82 Å². The monoisotopic (exact) mass is 242 g/mol. The third-order valence-corrected chi connectivity index (χ3v) is 2.81. The van der Waals surface area contributed by atoms with Crippen molar-refractivity contribution in [1.82, 2.24) is 9.97 Å². The number of imidazole rings is 1. The topological polar surface area (TPSA) is 37.9 Å². The molecule has 1 aromatic heterocycles. The van der Waals surface area contributed by atoms with Gasteiger partial charge in [-0.05, 0) is 42.5 Å². The van der Waals surface area contributed by atoms with E-state index in [1.54, 1.807) is 13.2 Å². The minimum atomic E-state index is -0.271. The van der Waals surface area contributed by atoms with Crippen molar-refractivity contribution in [3.63, 3.8) is 0 Å². The molecule has 3 nitrogen and oxygen atoms in total. The van der Waals surface area contributed by atoms with Crippen LogP contribution in [0.25, 0.3) is 22.4 Å². The van der Waals surface area contributed by atoms with Crippen molar-refractivity contribution in [3.8, 4) is 17.1 Å². The van der Waals surface area contributed by atoms with Gasteiger partial charge in [-0.15, -0.1) is 0 Å². The maximum Gasteiger partial charge on any atom is 0.138 e. The Morgan fingerprint density at radius 3 is 2.61 bits per heavy atom. The fraction of sp³-hybridized carbons (Fsp3) is 0.0714. The van der Waals surface area contributed by atoms with Gasteiger partial charge in [0, 0.05) is 5.56 Å². The van der Waals surface area contributed by atoms with Crippen LogP contribution >= 0.6 is 0 Å². The predicted molar refractivity (Wildman–Crippen MR) is 68.0 cm³/mol. The number of benzene rings is 2. The van der Waals surface area contributed by atoms with Crippen LogP contribution in [-0.4, -0.2) is 17.1 Å². The molecule has 0 saturated heterocycles. The predicted octanol–water partition coefficient (Wildman–Crippen LogP) is 3.38. The lowest BCUT2D eigenvalue weighted by atomic mass is 10.2. The van der Waals surface area contributed by atoms with Crippen LogP contribution in [0.15, 0.2) is 42.5 Å². The van der Waals surface area contributed by atoms with Crippen LogP contribution in [0.5, 0.6) is 5.75 Å². The standard InChI is InChI=1S/C14H11FN2O/c1-18-11-5-2-9(3-6-11)14-16-12-7-4-10(15)8-13(12)17-14/h2-8H,1H3,(H,16,17). The summed E-state index contributed by atoms with van der Waals surface area (Å²) >= 11 is 0. The maximum atomic E-state index is 13.1. The Labute approximate surface area is 103 Å². The van der Waals surface area contributed by atoms with Crippen LogP contribution in [-0.2, 0) is 0 Å². The second-order valence-corrected chi connectivity index (χ2v) is 3.98. The third-order valence-electron chi connectivity index (χ3n) is 2.81. The van der Waals surface area contributed by atoms with Gasteiger partial charge in [0.05, 0.1) is 18.1 Å². The number of methoxy groups -OCH3 is 1. The van der Waals surface area contributed by atoms with Crippen molar-refractivity contribution >= 4 is 11.0 Å². The first-order valence-corrected chi connectivity index (χ1v) is 5.56. The normalized spacial score (nSPS) is 10.8. The van der Waals surface area contributed by atoms with E-state index in [4.69, 9.17) is 4.74 Å². The molecule has 0 spiro atoms. The van der Waals surface area contributed by atoms with Gasteiger partial charge in [0.2, 0.25) is 0 Å². The Morgan fingerprint density at radius 2 is 1.89 bits per heavy atom. The molecular formula is C14H11FN2O. The Morgan fingerprint density at radius 1 is 1.11 bits per heavy atom. The van der Waals surface area contributed by atoms with Crippen molar-refractivity contribution in [2.24, 2.45) is 0 Å². The molecule has 0 amide bonds. The summed E-state index contributed by atoms with van der Waals surface area (Å²) in [6.45, 7) is 0. The molecule has 0 unspecified atom stereocenters. The summed E-state index contributed by atoms with van der Waals surface area (Å²) < 4.78 is 18.2. The van der Waals surface area contributed by atoms with E-state index in [1.807, 2.05) is 24.3 Å². The maximum absolute atomic E-state index is 13.1. The highest BCUT2D eigenvalue weighted by atomic mass is 19.1. The van der Waals surface area contributed by atoms with Crippen LogP contribution in [0.3, 0.4) is 0 Å². The Balaban J connectivity index is 2.07. The minimum Gasteiger partial charge on any atom is -0.497 e. The van der Waals surface area contributed by atoms with E-state index in [0.29, 0.717) is 5.52 Å². The molecule has 3 rings (SSSR count). The lowest BCUT2D eigenvalue weighted by molar-refractivity contribution is 0.415. The molecule has 90 valence electrons. The summed E-state index contributed by atoms with van der Waals surface area (Å²) in [7, 11) is 1.62. The summed E-state index contributed by atoms with van der Waals surface area (Å²) in [5, 5.41) is 0. The zero-order chi connectivity index (χ0) is 12.5. The molecule has 1 heterocycles. The second kappa shape index (κ2) is 4.14.